The molecule has 3 rings (SSSR count). The van der Waals surface area contributed by atoms with Gasteiger partial charge in [0.25, 0.3) is 0 Å². The summed E-state index contributed by atoms with van der Waals surface area (Å²) in [6.07, 6.45) is 3.73. The molecule has 1 aromatic rings. The molecular formula is C22H26O6. The van der Waals surface area contributed by atoms with Gasteiger partial charge in [0.05, 0.1) is 27.9 Å². The van der Waals surface area contributed by atoms with Crippen molar-refractivity contribution in [2.75, 3.05) is 27.9 Å². The van der Waals surface area contributed by atoms with Gasteiger partial charge in [-0.25, -0.2) is 0 Å². The minimum atomic E-state index is -0.218. The molecule has 6 nitrogen and oxygen atoms in total. The molecule has 0 unspecified atom stereocenters. The fraction of sp³-hybridized carbons (Fsp3) is 0.455. The Kier molecular flexibility index (Phi) is 6.39. The first-order valence-electron chi connectivity index (χ1n) is 9.49. The van der Waals surface area contributed by atoms with E-state index in [0.29, 0.717) is 36.5 Å². The van der Waals surface area contributed by atoms with E-state index < -0.39 is 0 Å². The number of allylic oxidation sites excluding steroid dienone is 2. The van der Waals surface area contributed by atoms with E-state index in [0.717, 1.165) is 30.8 Å². The van der Waals surface area contributed by atoms with Crippen molar-refractivity contribution in [2.45, 2.75) is 32.1 Å². The summed E-state index contributed by atoms with van der Waals surface area (Å²) in [5.74, 6) is 1.59. The van der Waals surface area contributed by atoms with E-state index in [1.807, 2.05) is 24.3 Å². The predicted molar refractivity (Wildman–Crippen MR) is 103 cm³/mol. The summed E-state index contributed by atoms with van der Waals surface area (Å²) in [5.41, 5.74) is 1.17. The van der Waals surface area contributed by atoms with Crippen LogP contribution < -0.4 is 9.47 Å². The van der Waals surface area contributed by atoms with Crippen LogP contribution in [0.25, 0.3) is 0 Å². The van der Waals surface area contributed by atoms with Gasteiger partial charge in [0.1, 0.15) is 11.5 Å². The number of carbonyl (C=O) groups is 2. The molecule has 2 aliphatic carbocycles. The lowest BCUT2D eigenvalue weighted by Gasteiger charge is -2.20. The Hall–Kier alpha value is -2.76. The molecule has 0 amide bonds. The number of hydrogen-bond donors (Lipinski definition) is 0. The van der Waals surface area contributed by atoms with Gasteiger partial charge in [-0.05, 0) is 62.3 Å². The van der Waals surface area contributed by atoms with Gasteiger partial charge >= 0.3 is 0 Å². The Labute approximate surface area is 165 Å². The van der Waals surface area contributed by atoms with Crippen molar-refractivity contribution < 1.29 is 28.5 Å². The molecule has 1 aromatic carbocycles. The number of ether oxygens (including phenoxy) is 4. The van der Waals surface area contributed by atoms with Gasteiger partial charge in [0.2, 0.25) is 23.1 Å². The van der Waals surface area contributed by atoms with Gasteiger partial charge in [-0.2, -0.15) is 0 Å². The summed E-state index contributed by atoms with van der Waals surface area (Å²) in [7, 11) is 4.41. The van der Waals surface area contributed by atoms with E-state index in [2.05, 4.69) is 0 Å². The van der Waals surface area contributed by atoms with Crippen molar-refractivity contribution in [3.05, 3.63) is 46.9 Å². The van der Waals surface area contributed by atoms with E-state index >= 15 is 0 Å². The minimum Gasteiger partial charge on any atom is -0.497 e. The topological polar surface area (TPSA) is 71.1 Å². The summed E-state index contributed by atoms with van der Waals surface area (Å²) in [6, 6.07) is 7.50. The molecule has 0 heterocycles. The summed E-state index contributed by atoms with van der Waals surface area (Å²) >= 11 is 0. The monoisotopic (exact) mass is 386 g/mol. The first kappa shape index (κ1) is 20.0. The number of benzene rings is 1. The second-order valence-corrected chi connectivity index (χ2v) is 6.94. The molecule has 0 saturated carbocycles. The van der Waals surface area contributed by atoms with Gasteiger partial charge < -0.3 is 18.9 Å². The van der Waals surface area contributed by atoms with Gasteiger partial charge in [0.15, 0.2) is 0 Å². The fourth-order valence-corrected chi connectivity index (χ4v) is 3.80. The molecule has 0 atom stereocenters. The third kappa shape index (κ3) is 4.06. The van der Waals surface area contributed by atoms with E-state index in [1.54, 1.807) is 7.11 Å². The average molecular weight is 386 g/mol. The quantitative estimate of drug-likeness (QED) is 0.667. The molecular weight excluding hydrogens is 360 g/mol. The van der Waals surface area contributed by atoms with Gasteiger partial charge in [-0.1, -0.05) is 0 Å². The maximum absolute atomic E-state index is 12.7. The molecule has 0 radical (unpaired) electrons. The van der Waals surface area contributed by atoms with Crippen molar-refractivity contribution in [1.82, 2.24) is 0 Å². The van der Waals surface area contributed by atoms with Crippen LogP contribution in [0.5, 0.6) is 11.5 Å². The standard InChI is InChI=1S/C22H26O6/c1-25-15-6-8-16(9-7-15)28-13-12-14-4-10-17-18(11-5-14)20(24)22(27-3)21(26-2)19(17)23/h6-9,14H,4-5,10-13H2,1-3H3. The zero-order valence-corrected chi connectivity index (χ0v) is 16.6. The van der Waals surface area contributed by atoms with Gasteiger partial charge in [-0.3, -0.25) is 9.59 Å². The molecule has 0 N–H and O–H groups in total. The second kappa shape index (κ2) is 8.95. The molecule has 0 fully saturated rings. The average Bonchev–Trinajstić information content (AvgIpc) is 2.94. The lowest BCUT2D eigenvalue weighted by Crippen LogP contribution is -2.25. The second-order valence-electron chi connectivity index (χ2n) is 6.94. The molecule has 28 heavy (non-hydrogen) atoms. The molecule has 0 spiro atoms. The maximum atomic E-state index is 12.7. The van der Waals surface area contributed by atoms with Crippen LogP contribution in [0.1, 0.15) is 32.1 Å². The van der Waals surface area contributed by atoms with Crippen molar-refractivity contribution in [2.24, 2.45) is 5.92 Å². The normalized spacial score (nSPS) is 18.0. The van der Waals surface area contributed by atoms with Gasteiger partial charge in [-0.15, -0.1) is 0 Å². The Morgan fingerprint density at radius 3 is 1.75 bits per heavy atom. The molecule has 0 aromatic heterocycles. The van der Waals surface area contributed by atoms with Crippen LogP contribution in [0.3, 0.4) is 0 Å². The SMILES string of the molecule is COC1=C(OC)C(=O)C2=C(CCC(CCOc3ccc(OC)cc3)CC2)C1=O. The third-order valence-electron chi connectivity index (χ3n) is 5.40. The highest BCUT2D eigenvalue weighted by molar-refractivity contribution is 6.23. The number of hydrogen-bond acceptors (Lipinski definition) is 6. The van der Waals surface area contributed by atoms with Crippen molar-refractivity contribution in [3.63, 3.8) is 0 Å². The van der Waals surface area contributed by atoms with Crippen molar-refractivity contribution in [3.8, 4) is 11.5 Å². The smallest absolute Gasteiger partial charge is 0.228 e. The molecule has 6 heteroatoms. The van der Waals surface area contributed by atoms with Crippen LogP contribution >= 0.6 is 0 Å². The Bertz CT molecular complexity index is 763. The highest BCUT2D eigenvalue weighted by atomic mass is 16.5. The predicted octanol–water partition coefficient (Wildman–Crippen LogP) is 3.61. The van der Waals surface area contributed by atoms with Crippen LogP contribution in [0, 0.1) is 5.92 Å². The number of carbonyl (C=O) groups excluding carboxylic acids is 2. The van der Waals surface area contributed by atoms with Crippen LogP contribution in [-0.2, 0) is 19.1 Å². The van der Waals surface area contributed by atoms with Crippen LogP contribution in [0.4, 0.5) is 0 Å². The van der Waals surface area contributed by atoms with Crippen molar-refractivity contribution >= 4 is 11.6 Å². The van der Waals surface area contributed by atoms with E-state index in [4.69, 9.17) is 18.9 Å². The zero-order chi connectivity index (χ0) is 20.1. The van der Waals surface area contributed by atoms with E-state index in [-0.39, 0.29) is 23.1 Å². The molecule has 0 aliphatic heterocycles. The van der Waals surface area contributed by atoms with E-state index in [1.165, 1.54) is 14.2 Å². The molecule has 0 saturated heterocycles. The minimum absolute atomic E-state index is 0.0209. The summed E-state index contributed by atoms with van der Waals surface area (Å²) in [5, 5.41) is 0. The lowest BCUT2D eigenvalue weighted by atomic mass is 9.89. The zero-order valence-electron chi connectivity index (χ0n) is 16.6. The molecule has 2 aliphatic rings. The fourth-order valence-electron chi connectivity index (χ4n) is 3.80. The van der Waals surface area contributed by atoms with E-state index in [9.17, 15) is 9.59 Å². The Morgan fingerprint density at radius 2 is 1.29 bits per heavy atom. The van der Waals surface area contributed by atoms with Gasteiger partial charge in [0, 0.05) is 11.1 Å². The Balaban J connectivity index is 1.58. The van der Waals surface area contributed by atoms with Crippen LogP contribution in [-0.4, -0.2) is 39.5 Å². The summed E-state index contributed by atoms with van der Waals surface area (Å²) in [4.78, 5) is 25.4. The largest absolute Gasteiger partial charge is 0.497 e. The Morgan fingerprint density at radius 1 is 0.786 bits per heavy atom. The number of Topliss-reactive ketones (excluding diaryl/α,β-unsaturated/α-hetero) is 2. The highest BCUT2D eigenvalue weighted by Crippen LogP contribution is 2.36. The lowest BCUT2D eigenvalue weighted by molar-refractivity contribution is -0.121. The maximum Gasteiger partial charge on any atom is 0.228 e. The van der Waals surface area contributed by atoms with Crippen molar-refractivity contribution in [1.29, 1.82) is 0 Å². The summed E-state index contributed by atoms with van der Waals surface area (Å²) in [6.45, 7) is 0.592. The number of rotatable bonds is 7. The summed E-state index contributed by atoms with van der Waals surface area (Å²) < 4.78 is 21.3. The van der Waals surface area contributed by atoms with Crippen LogP contribution in [0.2, 0.25) is 0 Å². The number of methoxy groups -OCH3 is 3. The third-order valence-corrected chi connectivity index (χ3v) is 5.40. The van der Waals surface area contributed by atoms with Crippen LogP contribution in [0.15, 0.2) is 46.9 Å². The molecule has 0 bridgehead atoms. The highest BCUT2D eigenvalue weighted by Gasteiger charge is 2.37. The molecule has 150 valence electrons. The first-order chi connectivity index (χ1) is 13.6. The number of ketones is 2. The first-order valence-corrected chi connectivity index (χ1v) is 9.49.